The first-order chi connectivity index (χ1) is 11.7. The van der Waals surface area contributed by atoms with Gasteiger partial charge in [-0.3, -0.25) is 9.59 Å². The van der Waals surface area contributed by atoms with Crippen molar-refractivity contribution in [1.82, 2.24) is 10.2 Å². The van der Waals surface area contributed by atoms with Crippen LogP contribution in [-0.2, 0) is 9.59 Å². The summed E-state index contributed by atoms with van der Waals surface area (Å²) in [7, 11) is 0. The van der Waals surface area contributed by atoms with Gasteiger partial charge in [0.2, 0.25) is 11.8 Å². The molecule has 1 aliphatic heterocycles. The van der Waals surface area contributed by atoms with Gasteiger partial charge in [0.25, 0.3) is 0 Å². The molecule has 4 nitrogen and oxygen atoms in total. The maximum Gasteiger partial charge on any atom is 0.227 e. The molecule has 25 heavy (non-hydrogen) atoms. The Labute approximate surface area is 159 Å². The van der Waals surface area contributed by atoms with Gasteiger partial charge in [-0.25, -0.2) is 0 Å². The number of hydrogen-bond acceptors (Lipinski definition) is 2. The quantitative estimate of drug-likeness (QED) is 0.806. The Bertz CT molecular complexity index is 599. The molecular weight excluding hydrogens is 380 g/mol. The maximum absolute atomic E-state index is 12.7. The summed E-state index contributed by atoms with van der Waals surface area (Å²) in [6.07, 6.45) is 2.34. The highest BCUT2D eigenvalue weighted by molar-refractivity contribution is 9.10. The number of rotatable bonds is 4. The molecule has 0 aliphatic carbocycles. The van der Waals surface area contributed by atoms with Crippen molar-refractivity contribution in [3.63, 3.8) is 0 Å². The Morgan fingerprint density at radius 3 is 2.24 bits per heavy atom. The molecule has 1 atom stereocenters. The average Bonchev–Trinajstić information content (AvgIpc) is 2.59. The van der Waals surface area contributed by atoms with Crippen LogP contribution in [0.5, 0.6) is 0 Å². The molecule has 1 heterocycles. The summed E-state index contributed by atoms with van der Waals surface area (Å²) in [5, 5.41) is 3.19. The van der Waals surface area contributed by atoms with Crippen LogP contribution in [0, 0.1) is 11.3 Å². The van der Waals surface area contributed by atoms with Crippen molar-refractivity contribution in [3.05, 3.63) is 34.3 Å². The fourth-order valence-corrected chi connectivity index (χ4v) is 3.49. The minimum Gasteiger partial charge on any atom is -0.349 e. The van der Waals surface area contributed by atoms with E-state index in [4.69, 9.17) is 0 Å². The highest BCUT2D eigenvalue weighted by Gasteiger charge is 2.32. The van der Waals surface area contributed by atoms with E-state index in [0.29, 0.717) is 13.1 Å². The van der Waals surface area contributed by atoms with Gasteiger partial charge < -0.3 is 10.2 Å². The topological polar surface area (TPSA) is 49.4 Å². The number of nitrogens with zero attached hydrogens (tertiary/aromatic N) is 1. The molecular formula is C20H29BrN2O2. The van der Waals surface area contributed by atoms with Gasteiger partial charge >= 0.3 is 0 Å². The van der Waals surface area contributed by atoms with Crippen LogP contribution in [0.15, 0.2) is 28.7 Å². The van der Waals surface area contributed by atoms with Crippen molar-refractivity contribution >= 4 is 27.7 Å². The van der Waals surface area contributed by atoms with Crippen molar-refractivity contribution in [2.75, 3.05) is 13.1 Å². The van der Waals surface area contributed by atoms with Crippen molar-refractivity contribution in [3.8, 4) is 0 Å². The first-order valence-corrected chi connectivity index (χ1v) is 9.87. The Balaban J connectivity index is 1.91. The molecule has 1 aromatic carbocycles. The highest BCUT2D eigenvalue weighted by Crippen LogP contribution is 2.25. The minimum atomic E-state index is -0.357. The van der Waals surface area contributed by atoms with Crippen LogP contribution in [0.4, 0.5) is 0 Å². The Morgan fingerprint density at radius 1 is 1.20 bits per heavy atom. The van der Waals surface area contributed by atoms with E-state index in [1.165, 1.54) is 0 Å². The largest absolute Gasteiger partial charge is 0.349 e. The molecule has 1 N–H and O–H groups in total. The summed E-state index contributed by atoms with van der Waals surface area (Å²) < 4.78 is 1.04. The number of hydrogen-bond donors (Lipinski definition) is 1. The lowest BCUT2D eigenvalue weighted by molar-refractivity contribution is -0.142. The zero-order chi connectivity index (χ0) is 18.6. The maximum atomic E-state index is 12.7. The van der Waals surface area contributed by atoms with Crippen LogP contribution in [0.25, 0.3) is 0 Å². The summed E-state index contributed by atoms with van der Waals surface area (Å²) in [5.74, 6) is 0.277. The zero-order valence-electron chi connectivity index (χ0n) is 15.6. The first kappa shape index (κ1) is 20.0. The SMILES string of the molecule is CCC(NC(=O)C1CCN(C(=O)C(C)(C)C)CC1)c1ccc(Br)cc1. The van der Waals surface area contributed by atoms with Crippen molar-refractivity contribution < 1.29 is 9.59 Å². The molecule has 1 fully saturated rings. The fraction of sp³-hybridized carbons (Fsp3) is 0.600. The molecule has 1 aliphatic rings. The predicted octanol–water partition coefficient (Wildman–Crippen LogP) is 4.30. The molecule has 2 amide bonds. The highest BCUT2D eigenvalue weighted by atomic mass is 79.9. The molecule has 0 spiro atoms. The average molecular weight is 409 g/mol. The van der Waals surface area contributed by atoms with Gasteiger partial charge in [-0.05, 0) is 37.0 Å². The number of benzene rings is 1. The fourth-order valence-electron chi connectivity index (χ4n) is 3.22. The number of likely N-dealkylation sites (tertiary alicyclic amines) is 1. The third kappa shape index (κ3) is 5.30. The van der Waals surface area contributed by atoms with Crippen LogP contribution in [0.2, 0.25) is 0 Å². The molecule has 1 saturated heterocycles. The second kappa shape index (κ2) is 8.35. The lowest BCUT2D eigenvalue weighted by Crippen LogP contribution is -2.47. The molecule has 5 heteroatoms. The normalized spacial score (nSPS) is 17.2. The number of carbonyl (C=O) groups is 2. The summed E-state index contributed by atoms with van der Waals surface area (Å²) >= 11 is 3.44. The molecule has 2 rings (SSSR count). The molecule has 0 bridgehead atoms. The summed E-state index contributed by atoms with van der Waals surface area (Å²) in [6.45, 7) is 9.25. The van der Waals surface area contributed by atoms with Crippen LogP contribution in [-0.4, -0.2) is 29.8 Å². The van der Waals surface area contributed by atoms with Crippen LogP contribution in [0.1, 0.15) is 58.6 Å². The van der Waals surface area contributed by atoms with Gasteiger partial charge in [-0.1, -0.05) is 55.8 Å². The molecule has 1 unspecified atom stereocenters. The van der Waals surface area contributed by atoms with Gasteiger partial charge in [0, 0.05) is 28.9 Å². The van der Waals surface area contributed by atoms with Gasteiger partial charge in [-0.15, -0.1) is 0 Å². The Hall–Kier alpha value is -1.36. The van der Waals surface area contributed by atoms with E-state index < -0.39 is 0 Å². The predicted molar refractivity (Wildman–Crippen MR) is 104 cm³/mol. The lowest BCUT2D eigenvalue weighted by atomic mass is 9.90. The number of nitrogens with one attached hydrogen (secondary N) is 1. The van der Waals surface area contributed by atoms with Gasteiger partial charge in [0.05, 0.1) is 6.04 Å². The van der Waals surface area contributed by atoms with E-state index in [9.17, 15) is 9.59 Å². The van der Waals surface area contributed by atoms with E-state index in [2.05, 4.69) is 28.2 Å². The van der Waals surface area contributed by atoms with E-state index in [0.717, 1.165) is 29.3 Å². The number of piperidine rings is 1. The van der Waals surface area contributed by atoms with Crippen LogP contribution < -0.4 is 5.32 Å². The third-order valence-corrected chi connectivity index (χ3v) is 5.32. The Morgan fingerprint density at radius 2 is 1.76 bits per heavy atom. The Kier molecular flexibility index (Phi) is 6.66. The second-order valence-electron chi connectivity index (χ2n) is 7.84. The second-order valence-corrected chi connectivity index (χ2v) is 8.75. The van der Waals surface area contributed by atoms with Crippen molar-refractivity contribution in [1.29, 1.82) is 0 Å². The van der Waals surface area contributed by atoms with Crippen molar-refractivity contribution in [2.24, 2.45) is 11.3 Å². The van der Waals surface area contributed by atoms with Gasteiger partial charge in [-0.2, -0.15) is 0 Å². The van der Waals surface area contributed by atoms with Crippen LogP contribution in [0.3, 0.4) is 0 Å². The monoisotopic (exact) mass is 408 g/mol. The van der Waals surface area contributed by atoms with Crippen LogP contribution >= 0.6 is 15.9 Å². The molecule has 0 saturated carbocycles. The lowest BCUT2D eigenvalue weighted by Gasteiger charge is -2.35. The summed E-state index contributed by atoms with van der Waals surface area (Å²) in [5.41, 5.74) is 0.767. The first-order valence-electron chi connectivity index (χ1n) is 9.07. The van der Waals surface area contributed by atoms with E-state index in [-0.39, 0.29) is 29.2 Å². The van der Waals surface area contributed by atoms with Crippen molar-refractivity contribution in [2.45, 2.75) is 53.0 Å². The third-order valence-electron chi connectivity index (χ3n) is 4.79. The molecule has 0 radical (unpaired) electrons. The number of carbonyl (C=O) groups excluding carboxylic acids is 2. The smallest absolute Gasteiger partial charge is 0.227 e. The minimum absolute atomic E-state index is 0.00600. The zero-order valence-corrected chi connectivity index (χ0v) is 17.2. The molecule has 1 aromatic rings. The number of amides is 2. The number of halogens is 1. The molecule has 138 valence electrons. The van der Waals surface area contributed by atoms with E-state index in [1.807, 2.05) is 49.9 Å². The van der Waals surface area contributed by atoms with E-state index >= 15 is 0 Å². The standard InChI is InChI=1S/C20H29BrN2O2/c1-5-17(14-6-8-16(21)9-7-14)22-18(24)15-10-12-23(13-11-15)19(25)20(2,3)4/h6-9,15,17H,5,10-13H2,1-4H3,(H,22,24). The van der Waals surface area contributed by atoms with Gasteiger partial charge in [0.1, 0.15) is 0 Å². The van der Waals surface area contributed by atoms with E-state index in [1.54, 1.807) is 0 Å². The summed E-state index contributed by atoms with van der Waals surface area (Å²) in [4.78, 5) is 26.9. The summed E-state index contributed by atoms with van der Waals surface area (Å²) in [6, 6.07) is 8.13. The van der Waals surface area contributed by atoms with Gasteiger partial charge in [0.15, 0.2) is 0 Å². The molecule has 0 aromatic heterocycles.